The number of esters is 1. The SMILES string of the molecule is CC(C)[C@@H]1CC[C@@H](C)C[C@H]1OC(=O)[C@@H](O)C1=CCCCCC1. The number of carbonyl (C=O) groups is 1. The van der Waals surface area contributed by atoms with Gasteiger partial charge in [-0.2, -0.15) is 0 Å². The van der Waals surface area contributed by atoms with Crippen LogP contribution in [0.15, 0.2) is 11.6 Å². The number of aliphatic hydroxyl groups excluding tert-OH is 1. The Morgan fingerprint density at radius 1 is 1.27 bits per heavy atom. The van der Waals surface area contributed by atoms with Crippen molar-refractivity contribution in [3.05, 3.63) is 11.6 Å². The molecule has 4 atom stereocenters. The summed E-state index contributed by atoms with van der Waals surface area (Å²) in [5.41, 5.74) is 0.868. The summed E-state index contributed by atoms with van der Waals surface area (Å²) in [6, 6.07) is 0. The van der Waals surface area contributed by atoms with Crippen LogP contribution in [0.2, 0.25) is 0 Å². The zero-order chi connectivity index (χ0) is 16.1. The summed E-state index contributed by atoms with van der Waals surface area (Å²) >= 11 is 0. The van der Waals surface area contributed by atoms with Gasteiger partial charge >= 0.3 is 5.97 Å². The average molecular weight is 308 g/mol. The molecule has 0 aliphatic heterocycles. The van der Waals surface area contributed by atoms with Gasteiger partial charge in [-0.05, 0) is 61.9 Å². The summed E-state index contributed by atoms with van der Waals surface area (Å²) in [6.45, 7) is 6.62. The molecule has 0 radical (unpaired) electrons. The second kappa shape index (κ2) is 8.14. The van der Waals surface area contributed by atoms with Crippen molar-refractivity contribution in [1.82, 2.24) is 0 Å². The molecule has 0 aromatic carbocycles. The van der Waals surface area contributed by atoms with Crippen LogP contribution < -0.4 is 0 Å². The Morgan fingerprint density at radius 3 is 2.77 bits per heavy atom. The van der Waals surface area contributed by atoms with E-state index >= 15 is 0 Å². The number of hydrogen-bond donors (Lipinski definition) is 1. The summed E-state index contributed by atoms with van der Waals surface area (Å²) < 4.78 is 5.76. The van der Waals surface area contributed by atoms with Crippen molar-refractivity contribution in [3.8, 4) is 0 Å². The number of allylic oxidation sites excluding steroid dienone is 1. The first kappa shape index (κ1) is 17.5. The molecule has 126 valence electrons. The van der Waals surface area contributed by atoms with Crippen LogP contribution in [0.1, 0.15) is 72.1 Å². The lowest BCUT2D eigenvalue weighted by Crippen LogP contribution is -2.38. The normalized spacial score (nSPS) is 31.3. The number of aliphatic hydroxyl groups is 1. The van der Waals surface area contributed by atoms with Gasteiger partial charge in [-0.3, -0.25) is 0 Å². The van der Waals surface area contributed by atoms with Gasteiger partial charge in [0.15, 0.2) is 6.10 Å². The highest BCUT2D eigenvalue weighted by Crippen LogP contribution is 2.35. The summed E-state index contributed by atoms with van der Waals surface area (Å²) in [5, 5.41) is 10.3. The first-order valence-corrected chi connectivity index (χ1v) is 9.06. The Balaban J connectivity index is 1.97. The minimum atomic E-state index is -1.05. The number of ether oxygens (including phenoxy) is 1. The van der Waals surface area contributed by atoms with Gasteiger partial charge in [-0.25, -0.2) is 4.79 Å². The van der Waals surface area contributed by atoms with E-state index in [1.807, 2.05) is 6.08 Å². The molecule has 2 aliphatic rings. The van der Waals surface area contributed by atoms with E-state index in [1.54, 1.807) is 0 Å². The molecule has 2 rings (SSSR count). The Kier molecular flexibility index (Phi) is 6.49. The summed E-state index contributed by atoms with van der Waals surface area (Å²) in [6.07, 6.45) is 9.41. The average Bonchev–Trinajstić information content (AvgIpc) is 2.75. The third kappa shape index (κ3) is 4.58. The molecular weight excluding hydrogens is 276 g/mol. The first-order chi connectivity index (χ1) is 10.5. The Hall–Kier alpha value is -0.830. The van der Waals surface area contributed by atoms with Crippen molar-refractivity contribution in [3.63, 3.8) is 0 Å². The van der Waals surface area contributed by atoms with E-state index in [9.17, 15) is 9.90 Å². The molecule has 1 N–H and O–H groups in total. The molecule has 0 aromatic heterocycles. The highest BCUT2D eigenvalue weighted by Gasteiger charge is 2.35. The maximum absolute atomic E-state index is 12.4. The Morgan fingerprint density at radius 2 is 2.05 bits per heavy atom. The molecule has 0 aromatic rings. The standard InChI is InChI=1S/C19H32O3/c1-13(2)16-11-10-14(3)12-17(16)22-19(21)18(20)15-8-6-4-5-7-9-15/h8,13-14,16-18,20H,4-7,9-12H2,1-3H3/t14-,16+,17-,18+/m1/s1. The molecule has 1 saturated carbocycles. The number of hydrogen-bond acceptors (Lipinski definition) is 3. The van der Waals surface area contributed by atoms with Crippen molar-refractivity contribution < 1.29 is 14.6 Å². The van der Waals surface area contributed by atoms with E-state index < -0.39 is 12.1 Å². The third-order valence-electron chi connectivity index (χ3n) is 5.38. The van der Waals surface area contributed by atoms with E-state index in [-0.39, 0.29) is 6.10 Å². The predicted molar refractivity (Wildman–Crippen MR) is 88.4 cm³/mol. The molecule has 0 amide bonds. The van der Waals surface area contributed by atoms with Gasteiger partial charge < -0.3 is 9.84 Å². The van der Waals surface area contributed by atoms with E-state index in [0.717, 1.165) is 44.1 Å². The Bertz CT molecular complexity index is 399. The first-order valence-electron chi connectivity index (χ1n) is 9.06. The van der Waals surface area contributed by atoms with Crippen LogP contribution in [0.5, 0.6) is 0 Å². The van der Waals surface area contributed by atoms with Crippen LogP contribution in [-0.2, 0) is 9.53 Å². The molecular formula is C19H32O3. The molecule has 1 fully saturated rings. The minimum Gasteiger partial charge on any atom is -0.460 e. The fourth-order valence-corrected chi connectivity index (χ4v) is 3.90. The number of rotatable bonds is 4. The fraction of sp³-hybridized carbons (Fsp3) is 0.842. The molecule has 3 nitrogen and oxygen atoms in total. The van der Waals surface area contributed by atoms with E-state index in [2.05, 4.69) is 20.8 Å². The van der Waals surface area contributed by atoms with Crippen LogP contribution >= 0.6 is 0 Å². The van der Waals surface area contributed by atoms with Crippen LogP contribution in [0.25, 0.3) is 0 Å². The van der Waals surface area contributed by atoms with Gasteiger partial charge in [0, 0.05) is 0 Å². The predicted octanol–water partition coefficient (Wildman–Crippen LogP) is 4.24. The molecule has 0 saturated heterocycles. The molecule has 3 heteroatoms. The zero-order valence-corrected chi connectivity index (χ0v) is 14.4. The topological polar surface area (TPSA) is 46.5 Å². The number of carbonyl (C=O) groups excluding carboxylic acids is 1. The lowest BCUT2D eigenvalue weighted by atomic mass is 9.75. The maximum atomic E-state index is 12.4. The van der Waals surface area contributed by atoms with Crippen molar-refractivity contribution >= 4 is 5.97 Å². The van der Waals surface area contributed by atoms with Gasteiger partial charge in [-0.15, -0.1) is 0 Å². The van der Waals surface area contributed by atoms with Crippen molar-refractivity contribution in [2.45, 2.75) is 84.3 Å². The van der Waals surface area contributed by atoms with Gasteiger partial charge in [0.1, 0.15) is 6.10 Å². The molecule has 0 spiro atoms. The highest BCUT2D eigenvalue weighted by atomic mass is 16.6. The van der Waals surface area contributed by atoms with Crippen molar-refractivity contribution in [1.29, 1.82) is 0 Å². The largest absolute Gasteiger partial charge is 0.460 e. The zero-order valence-electron chi connectivity index (χ0n) is 14.4. The molecule has 2 aliphatic carbocycles. The van der Waals surface area contributed by atoms with Gasteiger partial charge in [0.05, 0.1) is 0 Å². The van der Waals surface area contributed by atoms with Crippen molar-refractivity contribution in [2.75, 3.05) is 0 Å². The van der Waals surface area contributed by atoms with Gasteiger partial charge in [0.2, 0.25) is 0 Å². The van der Waals surface area contributed by atoms with E-state index in [4.69, 9.17) is 4.74 Å². The monoisotopic (exact) mass is 308 g/mol. The quantitative estimate of drug-likeness (QED) is 0.624. The molecule has 22 heavy (non-hydrogen) atoms. The molecule has 0 heterocycles. The summed E-state index contributed by atoms with van der Waals surface area (Å²) in [4.78, 5) is 12.4. The fourth-order valence-electron chi connectivity index (χ4n) is 3.90. The second-order valence-corrected chi connectivity index (χ2v) is 7.58. The van der Waals surface area contributed by atoms with Gasteiger partial charge in [-0.1, -0.05) is 39.7 Å². The lowest BCUT2D eigenvalue weighted by Gasteiger charge is -2.37. The smallest absolute Gasteiger partial charge is 0.339 e. The molecule has 0 bridgehead atoms. The van der Waals surface area contributed by atoms with Crippen LogP contribution in [0.3, 0.4) is 0 Å². The Labute approximate surface area is 135 Å². The maximum Gasteiger partial charge on any atom is 0.339 e. The minimum absolute atomic E-state index is 0.0303. The van der Waals surface area contributed by atoms with Crippen LogP contribution in [0, 0.1) is 17.8 Å². The van der Waals surface area contributed by atoms with Crippen LogP contribution in [-0.4, -0.2) is 23.3 Å². The second-order valence-electron chi connectivity index (χ2n) is 7.58. The third-order valence-corrected chi connectivity index (χ3v) is 5.38. The van der Waals surface area contributed by atoms with Crippen LogP contribution in [0.4, 0.5) is 0 Å². The summed E-state index contributed by atoms with van der Waals surface area (Å²) in [7, 11) is 0. The lowest BCUT2D eigenvalue weighted by molar-refractivity contribution is -0.163. The van der Waals surface area contributed by atoms with Gasteiger partial charge in [0.25, 0.3) is 0 Å². The summed E-state index contributed by atoms with van der Waals surface area (Å²) in [5.74, 6) is 1.11. The molecule has 0 unspecified atom stereocenters. The van der Waals surface area contributed by atoms with E-state index in [1.165, 1.54) is 12.8 Å². The highest BCUT2D eigenvalue weighted by molar-refractivity contribution is 5.78. The van der Waals surface area contributed by atoms with Crippen molar-refractivity contribution in [2.24, 2.45) is 17.8 Å². The van der Waals surface area contributed by atoms with E-state index in [0.29, 0.717) is 17.8 Å².